The van der Waals surface area contributed by atoms with Gasteiger partial charge in [0, 0.05) is 11.5 Å². The van der Waals surface area contributed by atoms with Gasteiger partial charge in [0.1, 0.15) is 0 Å². The summed E-state index contributed by atoms with van der Waals surface area (Å²) in [5.74, 6) is 1.29. The number of ketones is 1. The van der Waals surface area contributed by atoms with Crippen LogP contribution >= 0.6 is 11.3 Å². The van der Waals surface area contributed by atoms with E-state index in [0.29, 0.717) is 27.3 Å². The van der Waals surface area contributed by atoms with E-state index in [-0.39, 0.29) is 11.3 Å². The molecule has 1 aromatic heterocycles. The average molecular weight is 390 g/mol. The normalized spacial score (nSPS) is 13.1. The summed E-state index contributed by atoms with van der Waals surface area (Å²) in [5, 5.41) is 0. The second-order valence-corrected chi connectivity index (χ2v) is 8.38. The number of nitrogens with one attached hydrogen (secondary N) is 1. The number of carbonyl (C=O) groups is 1. The standard InChI is InChI=1S/C21H27NO4S/c1-6-7-10-26-16-11-14(8-9-15(16)25-5)12-17-20(24)22-19(27-17)13-18(23)21(2,3)4/h8-9,11-13H,6-7,10H2,1-5H3,(H,22,24)/b17-12+,19-13+. The van der Waals surface area contributed by atoms with Crippen LogP contribution in [0.5, 0.6) is 11.5 Å². The van der Waals surface area contributed by atoms with Gasteiger partial charge in [0.2, 0.25) is 0 Å². The SMILES string of the molecule is CCCCOc1cc(/C=c2/s/c(=C/C(=O)C(C)(C)C)[nH]c2=O)ccc1OC. The molecule has 2 aromatic rings. The van der Waals surface area contributed by atoms with Gasteiger partial charge in [-0.15, -0.1) is 11.3 Å². The van der Waals surface area contributed by atoms with Crippen LogP contribution in [0.25, 0.3) is 12.2 Å². The summed E-state index contributed by atoms with van der Waals surface area (Å²) in [7, 11) is 1.60. The largest absolute Gasteiger partial charge is 0.493 e. The fourth-order valence-electron chi connectivity index (χ4n) is 2.23. The third-order valence-electron chi connectivity index (χ3n) is 3.92. The zero-order chi connectivity index (χ0) is 20.0. The van der Waals surface area contributed by atoms with Gasteiger partial charge in [-0.3, -0.25) is 9.59 Å². The molecule has 27 heavy (non-hydrogen) atoms. The van der Waals surface area contributed by atoms with Gasteiger partial charge in [-0.2, -0.15) is 0 Å². The molecule has 5 nitrogen and oxygen atoms in total. The van der Waals surface area contributed by atoms with Crippen molar-refractivity contribution in [2.24, 2.45) is 5.41 Å². The zero-order valence-corrected chi connectivity index (χ0v) is 17.4. The van der Waals surface area contributed by atoms with Gasteiger partial charge in [0.05, 0.1) is 22.9 Å². The van der Waals surface area contributed by atoms with E-state index in [9.17, 15) is 9.59 Å². The van der Waals surface area contributed by atoms with E-state index in [4.69, 9.17) is 9.47 Å². The number of aromatic nitrogens is 1. The van der Waals surface area contributed by atoms with Crippen molar-refractivity contribution in [2.75, 3.05) is 13.7 Å². The third kappa shape index (κ3) is 5.82. The van der Waals surface area contributed by atoms with Crippen LogP contribution in [0, 0.1) is 5.41 Å². The molecule has 0 atom stereocenters. The van der Waals surface area contributed by atoms with Crippen LogP contribution in [-0.4, -0.2) is 24.5 Å². The number of hydrogen-bond acceptors (Lipinski definition) is 5. The van der Waals surface area contributed by atoms with E-state index < -0.39 is 5.41 Å². The van der Waals surface area contributed by atoms with Crippen molar-refractivity contribution < 1.29 is 14.3 Å². The Morgan fingerprint density at radius 1 is 1.26 bits per heavy atom. The van der Waals surface area contributed by atoms with E-state index in [2.05, 4.69) is 11.9 Å². The summed E-state index contributed by atoms with van der Waals surface area (Å²) in [6.45, 7) is 8.27. The second-order valence-electron chi connectivity index (χ2n) is 7.30. The maximum absolute atomic E-state index is 12.2. The Balaban J connectivity index is 2.39. The van der Waals surface area contributed by atoms with Crippen LogP contribution < -0.4 is 24.2 Å². The molecule has 0 aliphatic carbocycles. The molecule has 1 N–H and O–H groups in total. The van der Waals surface area contributed by atoms with Crippen LogP contribution in [0.2, 0.25) is 0 Å². The van der Waals surface area contributed by atoms with Gasteiger partial charge in [0.25, 0.3) is 5.56 Å². The van der Waals surface area contributed by atoms with Crippen molar-refractivity contribution in [3.05, 3.63) is 43.3 Å². The van der Waals surface area contributed by atoms with Crippen molar-refractivity contribution in [2.45, 2.75) is 40.5 Å². The summed E-state index contributed by atoms with van der Waals surface area (Å²) in [6, 6.07) is 5.55. The number of rotatable bonds is 7. The van der Waals surface area contributed by atoms with Crippen molar-refractivity contribution in [3.63, 3.8) is 0 Å². The molecule has 2 rings (SSSR count). The molecule has 0 fully saturated rings. The lowest BCUT2D eigenvalue weighted by molar-refractivity contribution is -0.119. The van der Waals surface area contributed by atoms with Crippen LogP contribution in [0.1, 0.15) is 46.1 Å². The third-order valence-corrected chi connectivity index (χ3v) is 4.89. The highest BCUT2D eigenvalue weighted by Gasteiger charge is 2.18. The minimum absolute atomic E-state index is 0.0254. The summed E-state index contributed by atoms with van der Waals surface area (Å²) in [4.78, 5) is 27.1. The number of hydrogen-bond donors (Lipinski definition) is 1. The van der Waals surface area contributed by atoms with E-state index >= 15 is 0 Å². The maximum atomic E-state index is 12.2. The fraction of sp³-hybridized carbons (Fsp3) is 0.429. The number of aromatic amines is 1. The van der Waals surface area contributed by atoms with Gasteiger partial charge in [-0.1, -0.05) is 40.2 Å². The molecular formula is C21H27NO4S. The lowest BCUT2D eigenvalue weighted by Crippen LogP contribution is -2.22. The monoisotopic (exact) mass is 389 g/mol. The van der Waals surface area contributed by atoms with Gasteiger partial charge in [-0.05, 0) is 30.2 Å². The molecule has 1 aromatic carbocycles. The van der Waals surface area contributed by atoms with Gasteiger partial charge >= 0.3 is 0 Å². The first-order chi connectivity index (χ1) is 12.7. The number of methoxy groups -OCH3 is 1. The highest BCUT2D eigenvalue weighted by atomic mass is 32.1. The van der Waals surface area contributed by atoms with Crippen molar-refractivity contribution in [1.29, 1.82) is 0 Å². The predicted molar refractivity (Wildman–Crippen MR) is 110 cm³/mol. The number of H-pyrrole nitrogens is 1. The van der Waals surface area contributed by atoms with E-state index in [1.165, 1.54) is 17.4 Å². The molecule has 0 aliphatic heterocycles. The predicted octanol–water partition coefficient (Wildman–Crippen LogP) is 2.85. The Labute approximate surface area is 163 Å². The molecule has 146 valence electrons. The lowest BCUT2D eigenvalue weighted by Gasteiger charge is -2.12. The minimum atomic E-state index is -0.481. The van der Waals surface area contributed by atoms with Crippen LogP contribution in [-0.2, 0) is 4.79 Å². The Bertz CT molecular complexity index is 963. The quantitative estimate of drug-likeness (QED) is 0.740. The van der Waals surface area contributed by atoms with E-state index in [0.717, 1.165) is 18.4 Å². The number of thiazole rings is 1. The van der Waals surface area contributed by atoms with Gasteiger partial charge in [0.15, 0.2) is 17.3 Å². The molecule has 0 spiro atoms. The van der Waals surface area contributed by atoms with Crippen LogP contribution in [0.15, 0.2) is 23.0 Å². The molecule has 0 amide bonds. The lowest BCUT2D eigenvalue weighted by atomic mass is 9.91. The number of Topliss-reactive ketones (excluding diaryl/α,β-unsaturated/α-hetero) is 1. The topological polar surface area (TPSA) is 68.4 Å². The first kappa shape index (κ1) is 21.0. The highest BCUT2D eigenvalue weighted by Crippen LogP contribution is 2.28. The molecule has 1 heterocycles. The van der Waals surface area contributed by atoms with Crippen molar-refractivity contribution >= 4 is 29.3 Å². The maximum Gasteiger partial charge on any atom is 0.266 e. The Kier molecular flexibility index (Phi) is 7.02. The molecular weight excluding hydrogens is 362 g/mol. The first-order valence-corrected chi connectivity index (χ1v) is 9.84. The van der Waals surface area contributed by atoms with E-state index in [1.54, 1.807) is 13.2 Å². The van der Waals surface area contributed by atoms with Crippen LogP contribution in [0.4, 0.5) is 0 Å². The fourth-order valence-corrected chi connectivity index (χ4v) is 3.12. The Morgan fingerprint density at radius 2 is 2.00 bits per heavy atom. The number of unbranched alkanes of at least 4 members (excludes halogenated alkanes) is 1. The number of carbonyl (C=O) groups excluding carboxylic acids is 1. The summed E-state index contributed by atoms with van der Waals surface area (Å²) < 4.78 is 12.2. The highest BCUT2D eigenvalue weighted by molar-refractivity contribution is 7.07. The molecule has 0 saturated heterocycles. The molecule has 0 unspecified atom stereocenters. The second kappa shape index (κ2) is 9.04. The molecule has 0 radical (unpaired) electrons. The Morgan fingerprint density at radius 3 is 2.63 bits per heavy atom. The number of ether oxygens (including phenoxy) is 2. The Hall–Kier alpha value is -2.34. The smallest absolute Gasteiger partial charge is 0.266 e. The summed E-state index contributed by atoms with van der Waals surface area (Å²) in [6.07, 6.45) is 5.29. The molecule has 6 heteroatoms. The van der Waals surface area contributed by atoms with Gasteiger partial charge in [-0.25, -0.2) is 0 Å². The average Bonchev–Trinajstić information content (AvgIpc) is 2.93. The minimum Gasteiger partial charge on any atom is -0.493 e. The first-order valence-electron chi connectivity index (χ1n) is 9.02. The zero-order valence-electron chi connectivity index (χ0n) is 16.5. The molecule has 0 saturated carbocycles. The van der Waals surface area contributed by atoms with Crippen molar-refractivity contribution in [3.8, 4) is 11.5 Å². The summed E-state index contributed by atoms with van der Waals surface area (Å²) in [5.41, 5.74) is 0.145. The van der Waals surface area contributed by atoms with E-state index in [1.807, 2.05) is 39.0 Å². The van der Waals surface area contributed by atoms with Crippen molar-refractivity contribution in [1.82, 2.24) is 4.98 Å². The van der Waals surface area contributed by atoms with Crippen LogP contribution in [0.3, 0.4) is 0 Å². The summed E-state index contributed by atoms with van der Waals surface area (Å²) >= 11 is 1.26. The van der Waals surface area contributed by atoms with Gasteiger partial charge < -0.3 is 14.5 Å². The molecule has 0 bridgehead atoms. The number of benzene rings is 1. The molecule has 0 aliphatic rings.